The monoisotopic (exact) mass is 231 g/mol. The minimum atomic E-state index is -1.07. The van der Waals surface area contributed by atoms with E-state index < -0.39 is 17.5 Å². The average Bonchev–Trinajstić information content (AvgIpc) is 2.20. The summed E-state index contributed by atoms with van der Waals surface area (Å²) in [6.07, 6.45) is 6.21. The van der Waals surface area contributed by atoms with Crippen LogP contribution in [0.4, 0.5) is 0 Å². The number of rotatable bonds is 8. The Bertz CT molecular complexity index is 199. The van der Waals surface area contributed by atoms with E-state index in [4.69, 9.17) is 5.90 Å². The fourth-order valence-electron chi connectivity index (χ4n) is 1.79. The van der Waals surface area contributed by atoms with Crippen molar-refractivity contribution in [3.8, 4) is 0 Å². The van der Waals surface area contributed by atoms with Gasteiger partial charge in [0.15, 0.2) is 0 Å². The standard InChI is InChI=1S/C12H25NO3/c1-4-5-6-7-8-9-10(11(14)16-13)12(2,3)15/h10,15H,4-9,13H2,1-3H3. The van der Waals surface area contributed by atoms with Crippen LogP contribution >= 0.6 is 0 Å². The number of carbonyl (C=O) groups excluding carboxylic acids is 1. The lowest BCUT2D eigenvalue weighted by Crippen LogP contribution is -2.38. The van der Waals surface area contributed by atoms with Gasteiger partial charge in [-0.3, -0.25) is 0 Å². The molecular weight excluding hydrogens is 206 g/mol. The fraction of sp³-hybridized carbons (Fsp3) is 0.917. The van der Waals surface area contributed by atoms with E-state index in [-0.39, 0.29) is 0 Å². The van der Waals surface area contributed by atoms with E-state index in [9.17, 15) is 9.90 Å². The highest BCUT2D eigenvalue weighted by Gasteiger charge is 2.33. The van der Waals surface area contributed by atoms with Crippen molar-refractivity contribution in [2.75, 3.05) is 0 Å². The Hall–Kier alpha value is -0.610. The lowest BCUT2D eigenvalue weighted by atomic mass is 9.86. The highest BCUT2D eigenvalue weighted by Crippen LogP contribution is 2.24. The van der Waals surface area contributed by atoms with E-state index in [0.29, 0.717) is 6.42 Å². The minimum Gasteiger partial charge on any atom is -0.390 e. The summed E-state index contributed by atoms with van der Waals surface area (Å²) in [4.78, 5) is 15.6. The van der Waals surface area contributed by atoms with Crippen LogP contribution in [0.2, 0.25) is 0 Å². The van der Waals surface area contributed by atoms with Crippen molar-refractivity contribution in [3.05, 3.63) is 0 Å². The van der Waals surface area contributed by atoms with Gasteiger partial charge in [-0.2, -0.15) is 5.90 Å². The second kappa shape index (κ2) is 7.63. The van der Waals surface area contributed by atoms with Crippen molar-refractivity contribution in [2.45, 2.75) is 64.9 Å². The molecule has 0 radical (unpaired) electrons. The molecule has 1 unspecified atom stereocenters. The number of unbranched alkanes of at least 4 members (excludes halogenated alkanes) is 4. The van der Waals surface area contributed by atoms with Crippen LogP contribution in [0, 0.1) is 5.92 Å². The third kappa shape index (κ3) is 6.08. The van der Waals surface area contributed by atoms with E-state index in [1.807, 2.05) is 0 Å². The summed E-state index contributed by atoms with van der Waals surface area (Å²) in [5, 5.41) is 9.83. The maximum atomic E-state index is 11.4. The molecule has 4 nitrogen and oxygen atoms in total. The van der Waals surface area contributed by atoms with Crippen LogP contribution in [0.15, 0.2) is 0 Å². The SMILES string of the molecule is CCCCCCCC(C(=O)ON)C(C)(C)O. The molecule has 0 aromatic heterocycles. The number of carbonyl (C=O) groups is 1. The number of aliphatic hydroxyl groups is 1. The Morgan fingerprint density at radius 1 is 1.31 bits per heavy atom. The number of hydrogen-bond donors (Lipinski definition) is 2. The summed E-state index contributed by atoms with van der Waals surface area (Å²) >= 11 is 0. The largest absolute Gasteiger partial charge is 0.390 e. The van der Waals surface area contributed by atoms with Crippen molar-refractivity contribution in [1.82, 2.24) is 0 Å². The first-order valence-electron chi connectivity index (χ1n) is 6.06. The summed E-state index contributed by atoms with van der Waals surface area (Å²) in [7, 11) is 0. The van der Waals surface area contributed by atoms with Crippen LogP contribution in [0.1, 0.15) is 59.3 Å². The Morgan fingerprint density at radius 3 is 2.31 bits per heavy atom. The first-order chi connectivity index (χ1) is 7.43. The summed E-state index contributed by atoms with van der Waals surface area (Å²) in [5.74, 6) is 3.81. The van der Waals surface area contributed by atoms with Crippen LogP contribution in [0.25, 0.3) is 0 Å². The highest BCUT2D eigenvalue weighted by molar-refractivity contribution is 5.73. The topological polar surface area (TPSA) is 72.5 Å². The van der Waals surface area contributed by atoms with Crippen LogP contribution in [-0.2, 0) is 9.63 Å². The molecule has 3 N–H and O–H groups in total. The van der Waals surface area contributed by atoms with Gasteiger partial charge in [0.05, 0.1) is 11.5 Å². The molecular formula is C12H25NO3. The van der Waals surface area contributed by atoms with Gasteiger partial charge in [0.2, 0.25) is 0 Å². The molecule has 0 rings (SSSR count). The van der Waals surface area contributed by atoms with E-state index in [1.165, 1.54) is 19.3 Å². The van der Waals surface area contributed by atoms with E-state index in [2.05, 4.69) is 11.8 Å². The molecule has 0 fully saturated rings. The van der Waals surface area contributed by atoms with Crippen LogP contribution in [0.3, 0.4) is 0 Å². The first kappa shape index (κ1) is 15.4. The molecule has 0 spiro atoms. The number of hydrogen-bond acceptors (Lipinski definition) is 4. The quantitative estimate of drug-likeness (QED) is 0.496. The van der Waals surface area contributed by atoms with Crippen LogP contribution < -0.4 is 5.90 Å². The lowest BCUT2D eigenvalue weighted by Gasteiger charge is -2.26. The summed E-state index contributed by atoms with van der Waals surface area (Å²) in [6, 6.07) is 0. The van der Waals surface area contributed by atoms with Crippen molar-refractivity contribution in [2.24, 2.45) is 11.8 Å². The fourth-order valence-corrected chi connectivity index (χ4v) is 1.79. The van der Waals surface area contributed by atoms with Gasteiger partial charge in [0.1, 0.15) is 0 Å². The summed E-state index contributed by atoms with van der Waals surface area (Å²) in [6.45, 7) is 5.38. The predicted molar refractivity (Wildman–Crippen MR) is 63.4 cm³/mol. The van der Waals surface area contributed by atoms with Gasteiger partial charge in [-0.05, 0) is 20.3 Å². The van der Waals surface area contributed by atoms with Gasteiger partial charge in [0, 0.05) is 0 Å². The molecule has 0 aromatic carbocycles. The van der Waals surface area contributed by atoms with Crippen LogP contribution in [-0.4, -0.2) is 16.7 Å². The molecule has 16 heavy (non-hydrogen) atoms. The molecule has 0 saturated carbocycles. The zero-order valence-corrected chi connectivity index (χ0v) is 10.7. The Balaban J connectivity index is 3.99. The normalized spacial score (nSPS) is 13.6. The smallest absolute Gasteiger partial charge is 0.330 e. The molecule has 0 bridgehead atoms. The van der Waals surface area contributed by atoms with Crippen molar-refractivity contribution < 1.29 is 14.7 Å². The molecule has 1 atom stereocenters. The van der Waals surface area contributed by atoms with E-state index in [1.54, 1.807) is 13.8 Å². The number of nitrogens with two attached hydrogens (primary N) is 1. The highest BCUT2D eigenvalue weighted by atomic mass is 16.7. The molecule has 4 heteroatoms. The Labute approximate surface area is 98.1 Å². The molecule has 0 saturated heterocycles. The summed E-state index contributed by atoms with van der Waals surface area (Å²) in [5.41, 5.74) is -1.07. The van der Waals surface area contributed by atoms with Gasteiger partial charge in [0.25, 0.3) is 0 Å². The second-order valence-corrected chi connectivity index (χ2v) is 4.85. The van der Waals surface area contributed by atoms with Gasteiger partial charge < -0.3 is 9.94 Å². The van der Waals surface area contributed by atoms with Gasteiger partial charge >= 0.3 is 5.97 Å². The third-order valence-electron chi connectivity index (χ3n) is 2.85. The third-order valence-corrected chi connectivity index (χ3v) is 2.85. The first-order valence-corrected chi connectivity index (χ1v) is 6.06. The maximum Gasteiger partial charge on any atom is 0.330 e. The molecule has 0 aliphatic carbocycles. The summed E-state index contributed by atoms with van der Waals surface area (Å²) < 4.78 is 0. The Kier molecular flexibility index (Phi) is 7.34. The zero-order valence-electron chi connectivity index (χ0n) is 10.7. The van der Waals surface area contributed by atoms with Gasteiger partial charge in [-0.1, -0.05) is 39.0 Å². The predicted octanol–water partition coefficient (Wildman–Crippen LogP) is 2.15. The molecule has 0 aromatic rings. The molecule has 0 aliphatic rings. The maximum absolute atomic E-state index is 11.4. The second-order valence-electron chi connectivity index (χ2n) is 4.85. The van der Waals surface area contributed by atoms with Gasteiger partial charge in [-0.25, -0.2) is 4.79 Å². The zero-order chi connectivity index (χ0) is 12.6. The van der Waals surface area contributed by atoms with Crippen molar-refractivity contribution >= 4 is 5.97 Å². The van der Waals surface area contributed by atoms with Gasteiger partial charge in [-0.15, -0.1) is 0 Å². The van der Waals surface area contributed by atoms with E-state index >= 15 is 0 Å². The Morgan fingerprint density at radius 2 is 1.88 bits per heavy atom. The van der Waals surface area contributed by atoms with E-state index in [0.717, 1.165) is 12.8 Å². The minimum absolute atomic E-state index is 0.525. The van der Waals surface area contributed by atoms with Crippen molar-refractivity contribution in [3.63, 3.8) is 0 Å². The molecule has 0 amide bonds. The van der Waals surface area contributed by atoms with Crippen LogP contribution in [0.5, 0.6) is 0 Å². The van der Waals surface area contributed by atoms with Crippen molar-refractivity contribution in [1.29, 1.82) is 0 Å². The molecule has 96 valence electrons. The average molecular weight is 231 g/mol. The molecule has 0 heterocycles. The lowest BCUT2D eigenvalue weighted by molar-refractivity contribution is -0.157. The molecule has 0 aliphatic heterocycles.